The van der Waals surface area contributed by atoms with Crippen molar-refractivity contribution in [2.45, 2.75) is 6.42 Å². The molecule has 25 heavy (non-hydrogen) atoms. The molecule has 2 amide bonds. The molecular formula is C19H15ClN2O2S. The van der Waals surface area contributed by atoms with E-state index in [9.17, 15) is 9.59 Å². The van der Waals surface area contributed by atoms with Crippen LogP contribution in [0.2, 0.25) is 5.02 Å². The molecule has 0 aliphatic carbocycles. The maximum Gasteiger partial charge on any atom is 0.255 e. The number of carbonyl (C=O) groups is 2. The summed E-state index contributed by atoms with van der Waals surface area (Å²) in [7, 11) is 0. The van der Waals surface area contributed by atoms with Crippen molar-refractivity contribution in [3.05, 3.63) is 81.5 Å². The Labute approximate surface area is 154 Å². The maximum atomic E-state index is 12.2. The van der Waals surface area contributed by atoms with E-state index in [4.69, 9.17) is 11.6 Å². The first-order valence-corrected chi connectivity index (χ1v) is 8.86. The molecule has 4 nitrogen and oxygen atoms in total. The molecule has 0 aliphatic rings. The van der Waals surface area contributed by atoms with Crippen molar-refractivity contribution in [2.75, 3.05) is 10.6 Å². The molecule has 2 N–H and O–H groups in total. The van der Waals surface area contributed by atoms with E-state index >= 15 is 0 Å². The van der Waals surface area contributed by atoms with Gasteiger partial charge in [-0.05, 0) is 41.8 Å². The van der Waals surface area contributed by atoms with Crippen LogP contribution in [0, 0.1) is 0 Å². The lowest BCUT2D eigenvalue weighted by molar-refractivity contribution is -0.115. The number of benzene rings is 2. The van der Waals surface area contributed by atoms with E-state index in [0.29, 0.717) is 28.4 Å². The summed E-state index contributed by atoms with van der Waals surface area (Å²) in [5.74, 6) is -0.350. The summed E-state index contributed by atoms with van der Waals surface area (Å²) in [5, 5.41) is 7.86. The minimum atomic E-state index is -0.239. The smallest absolute Gasteiger partial charge is 0.255 e. The Morgan fingerprint density at radius 3 is 2.44 bits per heavy atom. The second kappa shape index (κ2) is 7.96. The first-order chi connectivity index (χ1) is 12.1. The van der Waals surface area contributed by atoms with Crippen LogP contribution in [0.3, 0.4) is 0 Å². The molecule has 0 fully saturated rings. The number of thiophene rings is 1. The van der Waals surface area contributed by atoms with Crippen LogP contribution in [0.15, 0.2) is 66.0 Å². The SMILES string of the molecule is O=C(Cc1cccs1)Nc1ccc(NC(=O)c2ccccc2)c(Cl)c1. The zero-order valence-electron chi connectivity index (χ0n) is 13.2. The van der Waals surface area contributed by atoms with Gasteiger partial charge in [-0.2, -0.15) is 0 Å². The average Bonchev–Trinajstić information content (AvgIpc) is 3.11. The quantitative estimate of drug-likeness (QED) is 0.675. The van der Waals surface area contributed by atoms with Gasteiger partial charge in [-0.1, -0.05) is 35.9 Å². The van der Waals surface area contributed by atoms with Crippen LogP contribution >= 0.6 is 22.9 Å². The third-order valence-electron chi connectivity index (χ3n) is 3.45. The van der Waals surface area contributed by atoms with Crippen molar-refractivity contribution >= 4 is 46.1 Å². The number of rotatable bonds is 5. The highest BCUT2D eigenvalue weighted by molar-refractivity contribution is 7.10. The second-order valence-corrected chi connectivity index (χ2v) is 6.76. The fraction of sp³-hybridized carbons (Fsp3) is 0.0526. The van der Waals surface area contributed by atoms with Crippen LogP contribution < -0.4 is 10.6 Å². The Morgan fingerprint density at radius 1 is 0.960 bits per heavy atom. The minimum Gasteiger partial charge on any atom is -0.326 e. The number of halogens is 1. The normalized spacial score (nSPS) is 10.3. The molecule has 6 heteroatoms. The Hall–Kier alpha value is -2.63. The first kappa shape index (κ1) is 17.2. The number of carbonyl (C=O) groups excluding carboxylic acids is 2. The van der Waals surface area contributed by atoms with E-state index in [1.807, 2.05) is 23.6 Å². The first-order valence-electron chi connectivity index (χ1n) is 7.60. The van der Waals surface area contributed by atoms with Crippen LogP contribution in [-0.4, -0.2) is 11.8 Å². The zero-order chi connectivity index (χ0) is 17.6. The van der Waals surface area contributed by atoms with E-state index in [1.54, 1.807) is 42.5 Å². The molecule has 126 valence electrons. The highest BCUT2D eigenvalue weighted by Gasteiger charge is 2.10. The molecule has 1 aromatic heterocycles. The minimum absolute atomic E-state index is 0.111. The monoisotopic (exact) mass is 370 g/mol. The zero-order valence-corrected chi connectivity index (χ0v) is 14.7. The third-order valence-corrected chi connectivity index (χ3v) is 4.64. The molecule has 3 rings (SSSR count). The molecule has 0 aliphatic heterocycles. The maximum absolute atomic E-state index is 12.2. The predicted molar refractivity (Wildman–Crippen MR) is 102 cm³/mol. The summed E-state index contributed by atoms with van der Waals surface area (Å²) in [6.07, 6.45) is 0.321. The van der Waals surface area contributed by atoms with Gasteiger partial charge >= 0.3 is 0 Å². The standard InChI is InChI=1S/C19H15ClN2O2S/c20-16-11-14(21-18(23)12-15-7-4-10-25-15)8-9-17(16)22-19(24)13-5-2-1-3-6-13/h1-11H,12H2,(H,21,23)(H,22,24). The molecule has 1 heterocycles. The van der Waals surface area contributed by atoms with Gasteiger partial charge in [0, 0.05) is 16.1 Å². The van der Waals surface area contributed by atoms with Crippen molar-refractivity contribution in [1.82, 2.24) is 0 Å². The molecule has 0 spiro atoms. The fourth-order valence-corrected chi connectivity index (χ4v) is 3.19. The Bertz CT molecular complexity index is 880. The van der Waals surface area contributed by atoms with Gasteiger partial charge in [0.1, 0.15) is 0 Å². The largest absolute Gasteiger partial charge is 0.326 e. The summed E-state index contributed by atoms with van der Waals surface area (Å²) >= 11 is 7.76. The summed E-state index contributed by atoms with van der Waals surface area (Å²) in [4.78, 5) is 25.2. The summed E-state index contributed by atoms with van der Waals surface area (Å²) < 4.78 is 0. The van der Waals surface area contributed by atoms with Gasteiger partial charge < -0.3 is 10.6 Å². The highest BCUT2D eigenvalue weighted by Crippen LogP contribution is 2.26. The Kier molecular flexibility index (Phi) is 5.48. The third kappa shape index (κ3) is 4.68. The van der Waals surface area contributed by atoms with E-state index < -0.39 is 0 Å². The molecule has 0 unspecified atom stereocenters. The summed E-state index contributed by atoms with van der Waals surface area (Å²) in [5.41, 5.74) is 1.63. The van der Waals surface area contributed by atoms with Crippen molar-refractivity contribution in [1.29, 1.82) is 0 Å². The van der Waals surface area contributed by atoms with Gasteiger partial charge in [0.2, 0.25) is 5.91 Å². The molecule has 0 radical (unpaired) electrons. The number of nitrogens with one attached hydrogen (secondary N) is 2. The van der Waals surface area contributed by atoms with Crippen molar-refractivity contribution in [2.24, 2.45) is 0 Å². The lowest BCUT2D eigenvalue weighted by atomic mass is 10.2. The predicted octanol–water partition coefficient (Wildman–Crippen LogP) is 4.84. The van der Waals surface area contributed by atoms with Gasteiger partial charge in [-0.15, -0.1) is 11.3 Å². The Morgan fingerprint density at radius 2 is 1.76 bits per heavy atom. The topological polar surface area (TPSA) is 58.2 Å². The van der Waals surface area contributed by atoms with Crippen LogP contribution in [0.5, 0.6) is 0 Å². The number of amides is 2. The van der Waals surface area contributed by atoms with Gasteiger partial charge in [0.05, 0.1) is 17.1 Å². The van der Waals surface area contributed by atoms with Gasteiger partial charge in [0.15, 0.2) is 0 Å². The molecule has 2 aromatic carbocycles. The lowest BCUT2D eigenvalue weighted by Gasteiger charge is -2.10. The van der Waals surface area contributed by atoms with E-state index in [2.05, 4.69) is 10.6 Å². The number of anilines is 2. The molecule has 0 atom stereocenters. The highest BCUT2D eigenvalue weighted by atomic mass is 35.5. The van der Waals surface area contributed by atoms with Crippen molar-refractivity contribution < 1.29 is 9.59 Å². The molecule has 0 bridgehead atoms. The van der Waals surface area contributed by atoms with E-state index in [-0.39, 0.29) is 11.8 Å². The molecule has 0 saturated heterocycles. The van der Waals surface area contributed by atoms with Gasteiger partial charge in [-0.25, -0.2) is 0 Å². The molecule has 0 saturated carbocycles. The average molecular weight is 371 g/mol. The number of hydrogen-bond donors (Lipinski definition) is 2. The lowest BCUT2D eigenvalue weighted by Crippen LogP contribution is -2.14. The summed E-state index contributed by atoms with van der Waals surface area (Å²) in [6.45, 7) is 0. The van der Waals surface area contributed by atoms with Crippen molar-refractivity contribution in [3.63, 3.8) is 0 Å². The fourth-order valence-electron chi connectivity index (χ4n) is 2.25. The number of hydrogen-bond acceptors (Lipinski definition) is 3. The van der Waals surface area contributed by atoms with E-state index in [0.717, 1.165) is 4.88 Å². The van der Waals surface area contributed by atoms with Crippen molar-refractivity contribution in [3.8, 4) is 0 Å². The van der Waals surface area contributed by atoms with E-state index in [1.165, 1.54) is 11.3 Å². The van der Waals surface area contributed by atoms with Crippen LogP contribution in [0.4, 0.5) is 11.4 Å². The molecule has 3 aromatic rings. The van der Waals surface area contributed by atoms with Gasteiger partial charge in [0.25, 0.3) is 5.91 Å². The van der Waals surface area contributed by atoms with Gasteiger partial charge in [-0.3, -0.25) is 9.59 Å². The van der Waals surface area contributed by atoms with Crippen LogP contribution in [0.1, 0.15) is 15.2 Å². The summed E-state index contributed by atoms with van der Waals surface area (Å²) in [6, 6.07) is 17.7. The molecular weight excluding hydrogens is 356 g/mol. The second-order valence-electron chi connectivity index (χ2n) is 5.32. The Balaban J connectivity index is 1.64. The van der Waals surface area contributed by atoms with Crippen LogP contribution in [-0.2, 0) is 11.2 Å². The van der Waals surface area contributed by atoms with Crippen LogP contribution in [0.25, 0.3) is 0 Å².